The third-order valence-corrected chi connectivity index (χ3v) is 2.71. The standard InChI is InChI=1S/C12H7ClF4N2/c13-9-2-1-7(14)5-8(9)10-3-6(12(15,16)17)4-11(18)19-10/h1-5H,(H2,18,19). The molecule has 0 aliphatic rings. The summed E-state index contributed by atoms with van der Waals surface area (Å²) >= 11 is 5.82. The van der Waals surface area contributed by atoms with E-state index in [2.05, 4.69) is 4.98 Å². The van der Waals surface area contributed by atoms with Crippen molar-refractivity contribution in [3.8, 4) is 11.3 Å². The lowest BCUT2D eigenvalue weighted by atomic mass is 10.1. The normalized spacial score (nSPS) is 11.6. The van der Waals surface area contributed by atoms with Crippen LogP contribution in [-0.2, 0) is 6.18 Å². The minimum absolute atomic E-state index is 0.0551. The molecule has 0 saturated carbocycles. The van der Waals surface area contributed by atoms with Crippen molar-refractivity contribution in [2.24, 2.45) is 0 Å². The third-order valence-electron chi connectivity index (χ3n) is 2.38. The monoisotopic (exact) mass is 290 g/mol. The van der Waals surface area contributed by atoms with E-state index in [1.807, 2.05) is 0 Å². The maximum atomic E-state index is 13.1. The lowest BCUT2D eigenvalue weighted by Gasteiger charge is -2.10. The van der Waals surface area contributed by atoms with Crippen LogP contribution in [0.2, 0.25) is 5.02 Å². The molecule has 100 valence electrons. The Kier molecular flexibility index (Phi) is 3.36. The number of nitrogens with zero attached hydrogens (tertiary/aromatic N) is 1. The summed E-state index contributed by atoms with van der Waals surface area (Å²) in [5.41, 5.74) is 4.30. The number of benzene rings is 1. The number of rotatable bonds is 1. The fourth-order valence-electron chi connectivity index (χ4n) is 1.55. The van der Waals surface area contributed by atoms with Crippen molar-refractivity contribution in [2.45, 2.75) is 6.18 Å². The molecular formula is C12H7ClF4N2. The highest BCUT2D eigenvalue weighted by atomic mass is 35.5. The largest absolute Gasteiger partial charge is 0.416 e. The molecule has 0 saturated heterocycles. The number of nitrogens with two attached hydrogens (primary N) is 1. The SMILES string of the molecule is Nc1cc(C(F)(F)F)cc(-c2cc(F)ccc2Cl)n1. The molecule has 2 rings (SSSR count). The van der Waals surface area contributed by atoms with Crippen molar-refractivity contribution in [3.63, 3.8) is 0 Å². The van der Waals surface area contributed by atoms with Gasteiger partial charge < -0.3 is 5.73 Å². The van der Waals surface area contributed by atoms with Crippen LogP contribution >= 0.6 is 11.6 Å². The van der Waals surface area contributed by atoms with Crippen LogP contribution in [0.1, 0.15) is 5.56 Å². The van der Waals surface area contributed by atoms with E-state index in [0.29, 0.717) is 6.07 Å². The van der Waals surface area contributed by atoms with Gasteiger partial charge in [-0.2, -0.15) is 13.2 Å². The number of nitrogen functional groups attached to an aromatic ring is 1. The summed E-state index contributed by atoms with van der Waals surface area (Å²) < 4.78 is 51.1. The molecule has 0 unspecified atom stereocenters. The third kappa shape index (κ3) is 2.96. The van der Waals surface area contributed by atoms with Gasteiger partial charge in [-0.05, 0) is 30.3 Å². The van der Waals surface area contributed by atoms with Crippen LogP contribution < -0.4 is 5.73 Å². The van der Waals surface area contributed by atoms with E-state index in [4.69, 9.17) is 17.3 Å². The number of anilines is 1. The van der Waals surface area contributed by atoms with Gasteiger partial charge in [-0.1, -0.05) is 11.6 Å². The average molecular weight is 291 g/mol. The first-order chi connectivity index (χ1) is 8.77. The highest BCUT2D eigenvalue weighted by molar-refractivity contribution is 6.33. The highest BCUT2D eigenvalue weighted by Gasteiger charge is 2.31. The Morgan fingerprint density at radius 1 is 1.11 bits per heavy atom. The summed E-state index contributed by atoms with van der Waals surface area (Å²) in [6, 6.07) is 4.82. The van der Waals surface area contributed by atoms with Gasteiger partial charge in [0.25, 0.3) is 0 Å². The Balaban J connectivity index is 2.63. The van der Waals surface area contributed by atoms with Crippen LogP contribution in [0, 0.1) is 5.82 Å². The molecule has 7 heteroatoms. The lowest BCUT2D eigenvalue weighted by Crippen LogP contribution is -2.07. The van der Waals surface area contributed by atoms with Gasteiger partial charge in [0.15, 0.2) is 0 Å². The molecule has 0 aliphatic heterocycles. The first kappa shape index (κ1) is 13.6. The van der Waals surface area contributed by atoms with Crippen molar-refractivity contribution in [1.29, 1.82) is 0 Å². The number of pyridine rings is 1. The molecule has 1 aromatic carbocycles. The Labute approximate surface area is 110 Å². The molecule has 0 amide bonds. The molecule has 1 heterocycles. The molecule has 0 radical (unpaired) electrons. The summed E-state index contributed by atoms with van der Waals surface area (Å²) in [6.45, 7) is 0. The molecule has 19 heavy (non-hydrogen) atoms. The molecule has 0 atom stereocenters. The zero-order valence-corrected chi connectivity index (χ0v) is 10.1. The van der Waals surface area contributed by atoms with E-state index < -0.39 is 17.6 Å². The van der Waals surface area contributed by atoms with Gasteiger partial charge in [0, 0.05) is 5.56 Å². The van der Waals surface area contributed by atoms with Crippen molar-refractivity contribution < 1.29 is 17.6 Å². The highest BCUT2D eigenvalue weighted by Crippen LogP contribution is 2.34. The van der Waals surface area contributed by atoms with Crippen molar-refractivity contribution >= 4 is 17.4 Å². The fourth-order valence-corrected chi connectivity index (χ4v) is 1.76. The molecular weight excluding hydrogens is 284 g/mol. The maximum absolute atomic E-state index is 13.1. The molecule has 2 aromatic rings. The Morgan fingerprint density at radius 2 is 1.79 bits per heavy atom. The Morgan fingerprint density at radius 3 is 2.42 bits per heavy atom. The first-order valence-corrected chi connectivity index (χ1v) is 5.45. The van der Waals surface area contributed by atoms with Gasteiger partial charge in [0.1, 0.15) is 11.6 Å². The molecule has 0 bridgehead atoms. The summed E-state index contributed by atoms with van der Waals surface area (Å²) in [4.78, 5) is 3.75. The maximum Gasteiger partial charge on any atom is 0.416 e. The number of alkyl halides is 3. The van der Waals surface area contributed by atoms with Gasteiger partial charge in [-0.25, -0.2) is 9.37 Å². The van der Waals surface area contributed by atoms with Gasteiger partial charge >= 0.3 is 6.18 Å². The summed E-state index contributed by atoms with van der Waals surface area (Å²) in [5.74, 6) is -0.942. The van der Waals surface area contributed by atoms with Gasteiger partial charge in [0.2, 0.25) is 0 Å². The zero-order valence-electron chi connectivity index (χ0n) is 9.30. The number of hydrogen-bond donors (Lipinski definition) is 1. The number of halogens is 5. The molecule has 2 nitrogen and oxygen atoms in total. The molecule has 0 spiro atoms. The van der Waals surface area contributed by atoms with Crippen molar-refractivity contribution in [3.05, 3.63) is 46.7 Å². The van der Waals surface area contributed by atoms with E-state index in [-0.39, 0.29) is 22.1 Å². The minimum atomic E-state index is -4.56. The van der Waals surface area contributed by atoms with Gasteiger partial charge in [-0.3, -0.25) is 0 Å². The topological polar surface area (TPSA) is 38.9 Å². The molecule has 0 fully saturated rings. The average Bonchev–Trinajstić information content (AvgIpc) is 2.30. The van der Waals surface area contributed by atoms with Crippen LogP contribution in [0.25, 0.3) is 11.3 Å². The Bertz CT molecular complexity index is 626. The van der Waals surface area contributed by atoms with Gasteiger partial charge in [-0.15, -0.1) is 0 Å². The second-order valence-electron chi connectivity index (χ2n) is 3.79. The van der Waals surface area contributed by atoms with Crippen LogP contribution in [0.15, 0.2) is 30.3 Å². The number of hydrogen-bond acceptors (Lipinski definition) is 2. The second kappa shape index (κ2) is 4.70. The van der Waals surface area contributed by atoms with Gasteiger partial charge in [0.05, 0.1) is 16.3 Å². The predicted molar refractivity (Wildman–Crippen MR) is 64.1 cm³/mol. The summed E-state index contributed by atoms with van der Waals surface area (Å²) in [7, 11) is 0. The molecule has 1 aromatic heterocycles. The van der Waals surface area contributed by atoms with E-state index in [9.17, 15) is 17.6 Å². The predicted octanol–water partition coefficient (Wildman–Crippen LogP) is 4.14. The second-order valence-corrected chi connectivity index (χ2v) is 4.20. The zero-order chi connectivity index (χ0) is 14.2. The summed E-state index contributed by atoms with van der Waals surface area (Å²) in [6.07, 6.45) is -4.56. The molecule has 2 N–H and O–H groups in total. The van der Waals surface area contributed by atoms with Crippen LogP contribution in [0.5, 0.6) is 0 Å². The van der Waals surface area contributed by atoms with E-state index in [0.717, 1.165) is 18.2 Å². The Hall–Kier alpha value is -1.82. The minimum Gasteiger partial charge on any atom is -0.384 e. The summed E-state index contributed by atoms with van der Waals surface area (Å²) in [5, 5.41) is 0.0904. The van der Waals surface area contributed by atoms with Crippen LogP contribution in [0.4, 0.5) is 23.4 Å². The van der Waals surface area contributed by atoms with Crippen molar-refractivity contribution in [2.75, 3.05) is 5.73 Å². The lowest BCUT2D eigenvalue weighted by molar-refractivity contribution is -0.137. The van der Waals surface area contributed by atoms with Crippen molar-refractivity contribution in [1.82, 2.24) is 4.98 Å². The van der Waals surface area contributed by atoms with Crippen LogP contribution in [-0.4, -0.2) is 4.98 Å². The molecule has 0 aliphatic carbocycles. The van der Waals surface area contributed by atoms with E-state index in [1.165, 1.54) is 6.07 Å². The quantitative estimate of drug-likeness (QED) is 0.802. The first-order valence-electron chi connectivity index (χ1n) is 5.07. The van der Waals surface area contributed by atoms with E-state index >= 15 is 0 Å². The fraction of sp³-hybridized carbons (Fsp3) is 0.0833. The number of aromatic nitrogens is 1. The smallest absolute Gasteiger partial charge is 0.384 e. The van der Waals surface area contributed by atoms with E-state index in [1.54, 1.807) is 0 Å². The van der Waals surface area contributed by atoms with Crippen LogP contribution in [0.3, 0.4) is 0 Å².